The fourth-order valence-corrected chi connectivity index (χ4v) is 3.10. The topological polar surface area (TPSA) is 46.2 Å². The highest BCUT2D eigenvalue weighted by Gasteiger charge is 2.38. The molecule has 2 atom stereocenters. The summed E-state index contributed by atoms with van der Waals surface area (Å²) in [6.07, 6.45) is 0.400. The summed E-state index contributed by atoms with van der Waals surface area (Å²) in [7, 11) is 0. The van der Waals surface area contributed by atoms with Crippen molar-refractivity contribution in [3.8, 4) is 0 Å². The highest BCUT2D eigenvalue weighted by Crippen LogP contribution is 2.36. The summed E-state index contributed by atoms with van der Waals surface area (Å²) >= 11 is 0. The summed E-state index contributed by atoms with van der Waals surface area (Å²) in [5.74, 6) is -0.195. The number of imide groups is 1. The quantitative estimate of drug-likeness (QED) is 0.830. The van der Waals surface area contributed by atoms with Crippen molar-refractivity contribution in [3.63, 3.8) is 0 Å². The van der Waals surface area contributed by atoms with Crippen molar-refractivity contribution in [3.05, 3.63) is 34.9 Å². The molecule has 2 rings (SSSR count). The molecule has 1 heterocycles. The van der Waals surface area contributed by atoms with Crippen LogP contribution in [0.2, 0.25) is 0 Å². The van der Waals surface area contributed by atoms with Crippen molar-refractivity contribution in [1.29, 1.82) is 0 Å². The lowest BCUT2D eigenvalue weighted by Gasteiger charge is -2.33. The van der Waals surface area contributed by atoms with E-state index in [-0.39, 0.29) is 29.6 Å². The predicted octanol–water partition coefficient (Wildman–Crippen LogP) is 2.71. The zero-order chi connectivity index (χ0) is 14.2. The average Bonchev–Trinajstić information content (AvgIpc) is 2.25. The molecular weight excluding hydrogens is 238 g/mol. The third-order valence-corrected chi connectivity index (χ3v) is 3.79. The lowest BCUT2D eigenvalue weighted by molar-refractivity contribution is -0.138. The fraction of sp³-hybridized carbons (Fsp3) is 0.500. The zero-order valence-corrected chi connectivity index (χ0v) is 12.0. The van der Waals surface area contributed by atoms with Crippen molar-refractivity contribution in [1.82, 2.24) is 5.32 Å². The monoisotopic (exact) mass is 259 g/mol. The van der Waals surface area contributed by atoms with E-state index in [4.69, 9.17) is 0 Å². The van der Waals surface area contributed by atoms with Gasteiger partial charge in [0.15, 0.2) is 0 Å². The van der Waals surface area contributed by atoms with Crippen molar-refractivity contribution < 1.29 is 9.59 Å². The minimum Gasteiger partial charge on any atom is -0.296 e. The molecule has 0 spiro atoms. The van der Waals surface area contributed by atoms with Crippen LogP contribution in [0.3, 0.4) is 0 Å². The molecule has 0 saturated carbocycles. The zero-order valence-electron chi connectivity index (χ0n) is 12.0. The van der Waals surface area contributed by atoms with Gasteiger partial charge in [0.05, 0.1) is 0 Å². The first kappa shape index (κ1) is 13.8. The van der Waals surface area contributed by atoms with Crippen molar-refractivity contribution >= 4 is 11.8 Å². The Bertz CT molecular complexity index is 499. The van der Waals surface area contributed by atoms with Crippen molar-refractivity contribution in [2.75, 3.05) is 0 Å². The maximum Gasteiger partial charge on any atom is 0.230 e. The van der Waals surface area contributed by atoms with Gasteiger partial charge in [-0.15, -0.1) is 0 Å². The van der Waals surface area contributed by atoms with E-state index < -0.39 is 0 Å². The number of aryl methyl sites for hydroxylation is 2. The van der Waals surface area contributed by atoms with Gasteiger partial charge in [-0.25, -0.2) is 0 Å². The molecule has 19 heavy (non-hydrogen) atoms. The first-order valence-electron chi connectivity index (χ1n) is 6.80. The number of hydrogen-bond donors (Lipinski definition) is 1. The molecule has 3 heteroatoms. The van der Waals surface area contributed by atoms with Gasteiger partial charge < -0.3 is 0 Å². The summed E-state index contributed by atoms with van der Waals surface area (Å²) in [5.41, 5.74) is 3.46. The summed E-state index contributed by atoms with van der Waals surface area (Å²) in [6, 6.07) is 6.30. The van der Waals surface area contributed by atoms with Gasteiger partial charge >= 0.3 is 0 Å². The van der Waals surface area contributed by atoms with Gasteiger partial charge in [0.25, 0.3) is 0 Å². The van der Waals surface area contributed by atoms with E-state index in [1.165, 1.54) is 11.1 Å². The SMILES string of the molecule is Cc1cc(C)cc(C2CC(=O)NC(=O)C2C(C)C)c1. The van der Waals surface area contributed by atoms with Crippen LogP contribution in [0.1, 0.15) is 42.9 Å². The van der Waals surface area contributed by atoms with Crippen LogP contribution < -0.4 is 5.32 Å². The van der Waals surface area contributed by atoms with Gasteiger partial charge in [0, 0.05) is 18.3 Å². The molecule has 1 aromatic rings. The Balaban J connectivity index is 2.43. The summed E-state index contributed by atoms with van der Waals surface area (Å²) < 4.78 is 0. The van der Waals surface area contributed by atoms with Crippen molar-refractivity contribution in [2.24, 2.45) is 11.8 Å². The van der Waals surface area contributed by atoms with Gasteiger partial charge in [-0.3, -0.25) is 14.9 Å². The lowest BCUT2D eigenvalue weighted by Crippen LogP contribution is -2.46. The molecule has 2 amide bonds. The van der Waals surface area contributed by atoms with Gasteiger partial charge in [-0.05, 0) is 25.3 Å². The van der Waals surface area contributed by atoms with Crippen LogP contribution >= 0.6 is 0 Å². The number of hydrogen-bond acceptors (Lipinski definition) is 2. The first-order chi connectivity index (χ1) is 8.88. The Morgan fingerprint density at radius 2 is 1.68 bits per heavy atom. The minimum atomic E-state index is -0.161. The largest absolute Gasteiger partial charge is 0.296 e. The van der Waals surface area contributed by atoms with E-state index >= 15 is 0 Å². The lowest BCUT2D eigenvalue weighted by atomic mass is 9.74. The molecule has 1 aromatic carbocycles. The van der Waals surface area contributed by atoms with Crippen LogP contribution in [0.25, 0.3) is 0 Å². The van der Waals surface area contributed by atoms with Crippen LogP contribution in [0.5, 0.6) is 0 Å². The van der Waals surface area contributed by atoms with Crippen LogP contribution in [-0.2, 0) is 9.59 Å². The van der Waals surface area contributed by atoms with Gasteiger partial charge in [0.2, 0.25) is 11.8 Å². The van der Waals surface area contributed by atoms with E-state index in [2.05, 4.69) is 23.5 Å². The second kappa shape index (κ2) is 5.16. The second-order valence-corrected chi connectivity index (χ2v) is 5.91. The number of rotatable bonds is 2. The molecule has 102 valence electrons. The highest BCUT2D eigenvalue weighted by molar-refractivity contribution is 6.00. The molecule has 0 radical (unpaired) electrons. The number of carbonyl (C=O) groups is 2. The summed E-state index contributed by atoms with van der Waals surface area (Å²) in [4.78, 5) is 23.7. The molecule has 1 N–H and O–H groups in total. The van der Waals surface area contributed by atoms with Gasteiger partial charge in [0.1, 0.15) is 0 Å². The Hall–Kier alpha value is -1.64. The Morgan fingerprint density at radius 3 is 2.21 bits per heavy atom. The molecule has 1 saturated heterocycles. The molecule has 1 fully saturated rings. The standard InChI is InChI=1S/C16H21NO2/c1-9(2)15-13(8-14(18)17-16(15)19)12-6-10(3)5-11(4)7-12/h5-7,9,13,15H,8H2,1-4H3,(H,17,18,19). The van der Waals surface area contributed by atoms with Gasteiger partial charge in [-0.2, -0.15) is 0 Å². The van der Waals surface area contributed by atoms with Crippen LogP contribution in [0.4, 0.5) is 0 Å². The molecule has 0 bridgehead atoms. The van der Waals surface area contributed by atoms with Crippen LogP contribution in [0, 0.1) is 25.7 Å². The minimum absolute atomic E-state index is 0.000139. The summed E-state index contributed by atoms with van der Waals surface area (Å²) in [5, 5.41) is 2.46. The molecule has 1 aliphatic heterocycles. The van der Waals surface area contributed by atoms with E-state index in [9.17, 15) is 9.59 Å². The Labute approximate surface area is 114 Å². The maximum atomic E-state index is 12.1. The van der Waals surface area contributed by atoms with Gasteiger partial charge in [-0.1, -0.05) is 43.2 Å². The molecular formula is C16H21NO2. The number of nitrogens with one attached hydrogen (secondary N) is 1. The van der Waals surface area contributed by atoms with E-state index in [0.717, 1.165) is 5.56 Å². The molecule has 1 aliphatic rings. The molecule has 2 unspecified atom stereocenters. The smallest absolute Gasteiger partial charge is 0.230 e. The number of piperidine rings is 1. The third-order valence-electron chi connectivity index (χ3n) is 3.79. The molecule has 0 aliphatic carbocycles. The van der Waals surface area contributed by atoms with E-state index in [1.807, 2.05) is 27.7 Å². The second-order valence-electron chi connectivity index (χ2n) is 5.91. The number of amides is 2. The van der Waals surface area contributed by atoms with E-state index in [1.54, 1.807) is 0 Å². The molecule has 0 aromatic heterocycles. The maximum absolute atomic E-state index is 12.1. The van der Waals surface area contributed by atoms with Crippen LogP contribution in [-0.4, -0.2) is 11.8 Å². The van der Waals surface area contributed by atoms with E-state index in [0.29, 0.717) is 6.42 Å². The Kier molecular flexibility index (Phi) is 3.74. The Morgan fingerprint density at radius 1 is 1.11 bits per heavy atom. The predicted molar refractivity (Wildman–Crippen MR) is 74.8 cm³/mol. The van der Waals surface area contributed by atoms with Crippen LogP contribution in [0.15, 0.2) is 18.2 Å². The normalized spacial score (nSPS) is 23.6. The third kappa shape index (κ3) is 2.86. The highest BCUT2D eigenvalue weighted by atomic mass is 16.2. The summed E-state index contributed by atoms with van der Waals surface area (Å²) in [6.45, 7) is 8.17. The number of carbonyl (C=O) groups excluding carboxylic acids is 2. The average molecular weight is 259 g/mol. The fourth-order valence-electron chi connectivity index (χ4n) is 3.10. The number of benzene rings is 1. The molecule has 3 nitrogen and oxygen atoms in total. The first-order valence-corrected chi connectivity index (χ1v) is 6.80. The van der Waals surface area contributed by atoms with Crippen molar-refractivity contribution in [2.45, 2.75) is 40.0 Å².